The molecule has 1 aliphatic heterocycles. The molecule has 168 valence electrons. The van der Waals surface area contributed by atoms with Crippen LogP contribution in [0.4, 0.5) is 17.6 Å². The Morgan fingerprint density at radius 1 is 1.09 bits per heavy atom. The highest BCUT2D eigenvalue weighted by atomic mass is 19.4. The van der Waals surface area contributed by atoms with Gasteiger partial charge in [0.15, 0.2) is 0 Å². The van der Waals surface area contributed by atoms with E-state index in [1.807, 2.05) is 4.90 Å². The van der Waals surface area contributed by atoms with E-state index >= 15 is 0 Å². The first-order valence-electron chi connectivity index (χ1n) is 9.99. The summed E-state index contributed by atoms with van der Waals surface area (Å²) in [5.74, 6) is -0.309. The van der Waals surface area contributed by atoms with Crippen LogP contribution in [0.15, 0.2) is 47.0 Å². The second kappa shape index (κ2) is 8.70. The van der Waals surface area contributed by atoms with Crippen molar-refractivity contribution in [2.24, 2.45) is 0 Å². The van der Waals surface area contributed by atoms with Crippen molar-refractivity contribution < 1.29 is 26.9 Å². The summed E-state index contributed by atoms with van der Waals surface area (Å²) in [6, 6.07) is 8.90. The van der Waals surface area contributed by atoms with E-state index in [2.05, 4.69) is 10.1 Å². The highest BCUT2D eigenvalue weighted by Crippen LogP contribution is 2.31. The second-order valence-corrected chi connectivity index (χ2v) is 7.62. The number of hydrogen-bond acceptors (Lipinski definition) is 5. The van der Waals surface area contributed by atoms with Crippen LogP contribution in [-0.2, 0) is 12.7 Å². The third-order valence-corrected chi connectivity index (χ3v) is 5.36. The van der Waals surface area contributed by atoms with Gasteiger partial charge in [-0.2, -0.15) is 18.2 Å². The van der Waals surface area contributed by atoms with E-state index < -0.39 is 17.6 Å². The molecule has 0 radical (unpaired) electrons. The topological polar surface area (TPSA) is 62.5 Å². The molecule has 0 atom stereocenters. The standard InChI is InChI=1S/C22H20F4N4O2/c1-14-5-6-17(23)12-18(14)21(31)30-9-7-29(8-10-30)13-19-27-20(28-32-19)15-3-2-4-16(11-15)22(24,25)26/h2-6,11-12H,7-10,13H2,1H3. The van der Waals surface area contributed by atoms with Crippen LogP contribution in [-0.4, -0.2) is 52.0 Å². The molecule has 0 bridgehead atoms. The number of carbonyl (C=O) groups excluding carboxylic acids is 1. The summed E-state index contributed by atoms with van der Waals surface area (Å²) in [6.45, 7) is 4.06. The zero-order chi connectivity index (χ0) is 22.9. The van der Waals surface area contributed by atoms with Crippen molar-refractivity contribution in [3.63, 3.8) is 0 Å². The van der Waals surface area contributed by atoms with Crippen molar-refractivity contribution >= 4 is 5.91 Å². The predicted molar refractivity (Wildman–Crippen MR) is 107 cm³/mol. The van der Waals surface area contributed by atoms with Crippen LogP contribution in [0.2, 0.25) is 0 Å². The first kappa shape index (κ1) is 21.9. The van der Waals surface area contributed by atoms with Crippen molar-refractivity contribution in [3.8, 4) is 11.4 Å². The molecule has 1 amide bonds. The molecular formula is C22H20F4N4O2. The maximum Gasteiger partial charge on any atom is 0.416 e. The van der Waals surface area contributed by atoms with Crippen molar-refractivity contribution in [2.45, 2.75) is 19.6 Å². The highest BCUT2D eigenvalue weighted by Gasteiger charge is 2.31. The predicted octanol–water partition coefficient (Wildman–Crippen LogP) is 4.16. The second-order valence-electron chi connectivity index (χ2n) is 7.62. The van der Waals surface area contributed by atoms with E-state index in [1.165, 1.54) is 24.3 Å². The first-order valence-corrected chi connectivity index (χ1v) is 9.99. The summed E-state index contributed by atoms with van der Waals surface area (Å²) in [7, 11) is 0. The quantitative estimate of drug-likeness (QED) is 0.561. The molecule has 1 aliphatic rings. The maximum absolute atomic E-state index is 13.5. The number of halogens is 4. The lowest BCUT2D eigenvalue weighted by atomic mass is 10.1. The van der Waals surface area contributed by atoms with Gasteiger partial charge in [0.05, 0.1) is 12.1 Å². The van der Waals surface area contributed by atoms with Gasteiger partial charge in [-0.15, -0.1) is 0 Å². The number of alkyl halides is 3. The number of carbonyl (C=O) groups is 1. The fourth-order valence-electron chi connectivity index (χ4n) is 3.57. The average Bonchev–Trinajstić information content (AvgIpc) is 3.23. The normalized spacial score (nSPS) is 15.2. The highest BCUT2D eigenvalue weighted by molar-refractivity contribution is 5.95. The van der Waals surface area contributed by atoms with E-state index in [0.29, 0.717) is 43.9 Å². The van der Waals surface area contributed by atoms with Crippen molar-refractivity contribution in [1.82, 2.24) is 19.9 Å². The zero-order valence-corrected chi connectivity index (χ0v) is 17.2. The summed E-state index contributed by atoms with van der Waals surface area (Å²) < 4.78 is 57.5. The smallest absolute Gasteiger partial charge is 0.338 e. The van der Waals surface area contributed by atoms with E-state index in [-0.39, 0.29) is 23.2 Å². The summed E-state index contributed by atoms with van der Waals surface area (Å²) in [4.78, 5) is 20.6. The molecule has 0 unspecified atom stereocenters. The van der Waals surface area contributed by atoms with Gasteiger partial charge in [-0.1, -0.05) is 23.4 Å². The van der Waals surface area contributed by atoms with Crippen molar-refractivity contribution in [1.29, 1.82) is 0 Å². The molecule has 4 rings (SSSR count). The van der Waals surface area contributed by atoms with E-state index in [9.17, 15) is 22.4 Å². The van der Waals surface area contributed by atoms with Crippen LogP contribution in [0.1, 0.15) is 27.4 Å². The third kappa shape index (κ3) is 4.80. The largest absolute Gasteiger partial charge is 0.416 e. The molecule has 10 heteroatoms. The summed E-state index contributed by atoms with van der Waals surface area (Å²) in [5, 5.41) is 3.80. The molecule has 2 heterocycles. The number of nitrogens with zero attached hydrogens (tertiary/aromatic N) is 4. The third-order valence-electron chi connectivity index (χ3n) is 5.36. The van der Waals surface area contributed by atoms with Gasteiger partial charge in [-0.25, -0.2) is 4.39 Å². The molecule has 1 saturated heterocycles. The maximum atomic E-state index is 13.5. The molecule has 1 fully saturated rings. The van der Waals surface area contributed by atoms with E-state index in [0.717, 1.165) is 12.1 Å². The van der Waals surface area contributed by atoms with Crippen molar-refractivity contribution in [2.75, 3.05) is 26.2 Å². The Morgan fingerprint density at radius 2 is 1.84 bits per heavy atom. The molecule has 6 nitrogen and oxygen atoms in total. The Bertz CT molecular complexity index is 1120. The van der Waals surface area contributed by atoms with Gasteiger partial charge in [-0.3, -0.25) is 9.69 Å². The number of benzene rings is 2. The fraction of sp³-hybridized carbons (Fsp3) is 0.318. The minimum absolute atomic E-state index is 0.0847. The van der Waals surface area contributed by atoms with Crippen LogP contribution in [0, 0.1) is 12.7 Å². The van der Waals surface area contributed by atoms with E-state index in [4.69, 9.17) is 4.52 Å². The Kier molecular flexibility index (Phi) is 5.96. The molecular weight excluding hydrogens is 428 g/mol. The monoisotopic (exact) mass is 448 g/mol. The molecule has 0 spiro atoms. The number of hydrogen-bond donors (Lipinski definition) is 0. The number of amides is 1. The lowest BCUT2D eigenvalue weighted by Gasteiger charge is -2.34. The van der Waals surface area contributed by atoms with Gasteiger partial charge in [0.2, 0.25) is 11.7 Å². The molecule has 0 aliphatic carbocycles. The molecule has 1 aromatic heterocycles. The van der Waals surface area contributed by atoms with Gasteiger partial charge in [0.25, 0.3) is 5.91 Å². The van der Waals surface area contributed by atoms with Gasteiger partial charge in [0, 0.05) is 37.3 Å². The Morgan fingerprint density at radius 3 is 2.56 bits per heavy atom. The van der Waals surface area contributed by atoms with Crippen LogP contribution >= 0.6 is 0 Å². The molecule has 0 N–H and O–H groups in total. The first-order chi connectivity index (χ1) is 15.2. The number of aryl methyl sites for hydroxylation is 1. The molecule has 2 aromatic carbocycles. The number of aromatic nitrogens is 2. The van der Waals surface area contributed by atoms with Crippen LogP contribution in [0.5, 0.6) is 0 Å². The van der Waals surface area contributed by atoms with Gasteiger partial charge in [-0.05, 0) is 36.8 Å². The summed E-state index contributed by atoms with van der Waals surface area (Å²) >= 11 is 0. The molecule has 32 heavy (non-hydrogen) atoms. The van der Waals surface area contributed by atoms with E-state index in [1.54, 1.807) is 17.9 Å². The summed E-state index contributed by atoms with van der Waals surface area (Å²) in [5.41, 5.74) is 0.499. The lowest BCUT2D eigenvalue weighted by Crippen LogP contribution is -2.48. The number of rotatable bonds is 4. The Balaban J connectivity index is 1.37. The Labute approximate surface area is 181 Å². The van der Waals surface area contributed by atoms with Crippen LogP contribution in [0.25, 0.3) is 11.4 Å². The molecule has 0 saturated carbocycles. The minimum atomic E-state index is -4.45. The SMILES string of the molecule is Cc1ccc(F)cc1C(=O)N1CCN(Cc2nc(-c3cccc(C(F)(F)F)c3)no2)CC1. The van der Waals surface area contributed by atoms with Gasteiger partial charge < -0.3 is 9.42 Å². The lowest BCUT2D eigenvalue weighted by molar-refractivity contribution is -0.137. The zero-order valence-electron chi connectivity index (χ0n) is 17.2. The number of piperazine rings is 1. The van der Waals surface area contributed by atoms with Crippen LogP contribution < -0.4 is 0 Å². The van der Waals surface area contributed by atoms with Gasteiger partial charge >= 0.3 is 6.18 Å². The van der Waals surface area contributed by atoms with Crippen LogP contribution in [0.3, 0.4) is 0 Å². The summed E-state index contributed by atoms with van der Waals surface area (Å²) in [6.07, 6.45) is -4.45. The Hall–Kier alpha value is -3.27. The minimum Gasteiger partial charge on any atom is -0.338 e. The molecule has 3 aromatic rings. The average molecular weight is 448 g/mol. The van der Waals surface area contributed by atoms with Crippen molar-refractivity contribution in [3.05, 3.63) is 70.9 Å². The van der Waals surface area contributed by atoms with Gasteiger partial charge in [0.1, 0.15) is 5.82 Å². The fourth-order valence-corrected chi connectivity index (χ4v) is 3.57.